The molecule has 0 fully saturated rings. The minimum atomic E-state index is -0.532. The fourth-order valence-electron chi connectivity index (χ4n) is 2.41. The van der Waals surface area contributed by atoms with Gasteiger partial charge in [-0.05, 0) is 43.0 Å². The second kappa shape index (κ2) is 8.27. The summed E-state index contributed by atoms with van der Waals surface area (Å²) < 4.78 is 22.3. The lowest BCUT2D eigenvalue weighted by Crippen LogP contribution is -2.29. The van der Waals surface area contributed by atoms with E-state index in [4.69, 9.17) is 30.5 Å². The smallest absolute Gasteiger partial charge is 0.216 e. The molecule has 2 aromatic carbocycles. The van der Waals surface area contributed by atoms with E-state index in [2.05, 4.69) is 0 Å². The first-order valence-electron chi connectivity index (χ1n) is 7.71. The molecule has 2 unspecified atom stereocenters. The average Bonchev–Trinajstić information content (AvgIpc) is 2.58. The van der Waals surface area contributed by atoms with Crippen LogP contribution in [-0.2, 0) is 4.74 Å². The molecule has 126 valence electrons. The molecule has 0 aliphatic carbocycles. The van der Waals surface area contributed by atoms with Crippen molar-refractivity contribution >= 4 is 22.4 Å². The van der Waals surface area contributed by atoms with Gasteiger partial charge in [0.15, 0.2) is 11.5 Å². The van der Waals surface area contributed by atoms with Gasteiger partial charge in [0.1, 0.15) is 5.75 Å². The first-order valence-corrected chi connectivity index (χ1v) is 8.15. The molecule has 0 spiro atoms. The van der Waals surface area contributed by atoms with Crippen molar-refractivity contribution in [1.29, 1.82) is 0 Å². The minimum absolute atomic E-state index is 0.235. The van der Waals surface area contributed by atoms with Crippen LogP contribution in [0.15, 0.2) is 30.3 Å². The van der Waals surface area contributed by atoms with E-state index in [9.17, 15) is 0 Å². The number of ether oxygens (including phenoxy) is 4. The Morgan fingerprint density at radius 1 is 1.09 bits per heavy atom. The highest BCUT2D eigenvalue weighted by Crippen LogP contribution is 2.38. The number of hydrogen-bond donors (Lipinski definition) is 0. The van der Waals surface area contributed by atoms with E-state index in [0.717, 1.165) is 22.9 Å². The second-order valence-corrected chi connectivity index (χ2v) is 5.62. The van der Waals surface area contributed by atoms with Gasteiger partial charge in [0, 0.05) is 12.5 Å². The van der Waals surface area contributed by atoms with Gasteiger partial charge in [0.2, 0.25) is 6.29 Å². The molecule has 4 nitrogen and oxygen atoms in total. The molecule has 0 N–H and O–H groups in total. The molecule has 0 saturated carbocycles. The zero-order valence-corrected chi connectivity index (χ0v) is 14.7. The second-order valence-electron chi connectivity index (χ2n) is 5.06. The Balaban J connectivity index is 2.39. The fraction of sp³-hybridized carbons (Fsp3) is 0.444. The van der Waals surface area contributed by atoms with Gasteiger partial charge >= 0.3 is 0 Å². The first-order chi connectivity index (χ1) is 11.1. The van der Waals surface area contributed by atoms with Crippen LogP contribution in [0.5, 0.6) is 17.2 Å². The van der Waals surface area contributed by atoms with Gasteiger partial charge < -0.3 is 18.9 Å². The molecule has 0 aromatic heterocycles. The summed E-state index contributed by atoms with van der Waals surface area (Å²) in [5.41, 5.74) is 0. The van der Waals surface area contributed by atoms with E-state index >= 15 is 0 Å². The summed E-state index contributed by atoms with van der Waals surface area (Å²) in [4.78, 5) is 0. The molecular weight excluding hydrogens is 316 g/mol. The van der Waals surface area contributed by atoms with Crippen LogP contribution in [0, 0.1) is 0 Å². The largest absolute Gasteiger partial charge is 0.494 e. The molecule has 0 saturated heterocycles. The number of fused-ring (bicyclic) bond motifs is 1. The Morgan fingerprint density at radius 2 is 1.87 bits per heavy atom. The van der Waals surface area contributed by atoms with Gasteiger partial charge in [-0.3, -0.25) is 0 Å². The molecule has 0 aliphatic heterocycles. The minimum Gasteiger partial charge on any atom is -0.494 e. The number of hydrogen-bond acceptors (Lipinski definition) is 4. The number of benzene rings is 2. The van der Waals surface area contributed by atoms with Crippen molar-refractivity contribution in [3.8, 4) is 17.2 Å². The summed E-state index contributed by atoms with van der Waals surface area (Å²) in [5.74, 6) is 2.10. The van der Waals surface area contributed by atoms with Gasteiger partial charge in [0.05, 0.1) is 19.1 Å². The summed E-state index contributed by atoms with van der Waals surface area (Å²) in [6.45, 7) is 4.58. The van der Waals surface area contributed by atoms with E-state index in [1.54, 1.807) is 14.2 Å². The lowest BCUT2D eigenvalue weighted by atomic mass is 10.1. The summed E-state index contributed by atoms with van der Waals surface area (Å²) >= 11 is 6.24. The third-order valence-electron chi connectivity index (χ3n) is 3.58. The lowest BCUT2D eigenvalue weighted by molar-refractivity contribution is -0.0564. The van der Waals surface area contributed by atoms with Crippen molar-refractivity contribution in [2.75, 3.05) is 20.8 Å². The molecule has 23 heavy (non-hydrogen) atoms. The predicted octanol–water partition coefficient (Wildman–Crippen LogP) is 4.62. The molecule has 0 bridgehead atoms. The van der Waals surface area contributed by atoms with Gasteiger partial charge in [0.25, 0.3) is 0 Å². The molecule has 0 heterocycles. The monoisotopic (exact) mass is 338 g/mol. The zero-order valence-electron chi connectivity index (χ0n) is 14.0. The molecule has 0 amide bonds. The summed E-state index contributed by atoms with van der Waals surface area (Å²) in [5, 5.41) is 1.73. The van der Waals surface area contributed by atoms with Crippen molar-refractivity contribution in [2.45, 2.75) is 31.9 Å². The average molecular weight is 339 g/mol. The van der Waals surface area contributed by atoms with Gasteiger partial charge in [-0.2, -0.15) is 0 Å². The van der Waals surface area contributed by atoms with E-state index < -0.39 is 6.29 Å². The highest BCUT2D eigenvalue weighted by molar-refractivity contribution is 6.20. The van der Waals surface area contributed by atoms with E-state index in [1.807, 2.05) is 44.2 Å². The van der Waals surface area contributed by atoms with Crippen molar-refractivity contribution in [1.82, 2.24) is 0 Å². The maximum absolute atomic E-state index is 6.24. The topological polar surface area (TPSA) is 36.9 Å². The molecule has 5 heteroatoms. The maximum atomic E-state index is 6.24. The van der Waals surface area contributed by atoms with Gasteiger partial charge in [-0.15, -0.1) is 11.6 Å². The Kier molecular flexibility index (Phi) is 6.37. The molecule has 2 rings (SSSR count). The Morgan fingerprint density at radius 3 is 2.48 bits per heavy atom. The van der Waals surface area contributed by atoms with E-state index in [0.29, 0.717) is 18.1 Å². The molecular formula is C18H23ClO4. The van der Waals surface area contributed by atoms with Crippen molar-refractivity contribution < 1.29 is 18.9 Å². The SMILES string of the molecule is CCOc1ccc2c(OC)c(OC(OC)C(Cl)CC)ccc2c1. The van der Waals surface area contributed by atoms with Crippen molar-refractivity contribution in [3.63, 3.8) is 0 Å². The number of rotatable bonds is 8. The van der Waals surface area contributed by atoms with E-state index in [-0.39, 0.29) is 5.38 Å². The van der Waals surface area contributed by atoms with Crippen LogP contribution in [0.1, 0.15) is 20.3 Å². The molecule has 0 aliphatic rings. The fourth-order valence-corrected chi connectivity index (χ4v) is 2.56. The van der Waals surface area contributed by atoms with Crippen LogP contribution < -0.4 is 14.2 Å². The molecule has 0 radical (unpaired) electrons. The highest BCUT2D eigenvalue weighted by Gasteiger charge is 2.21. The maximum Gasteiger partial charge on any atom is 0.216 e. The van der Waals surface area contributed by atoms with Gasteiger partial charge in [-0.1, -0.05) is 13.0 Å². The quantitative estimate of drug-likeness (QED) is 0.520. The third-order valence-corrected chi connectivity index (χ3v) is 4.10. The van der Waals surface area contributed by atoms with Crippen LogP contribution in [0.25, 0.3) is 10.8 Å². The van der Waals surface area contributed by atoms with Crippen LogP contribution in [0.2, 0.25) is 0 Å². The summed E-state index contributed by atoms with van der Waals surface area (Å²) in [6.07, 6.45) is 0.212. The van der Waals surface area contributed by atoms with Crippen molar-refractivity contribution in [3.05, 3.63) is 30.3 Å². The first kappa shape index (κ1) is 17.7. The number of alkyl halides is 1. The Labute approximate surface area is 142 Å². The van der Waals surface area contributed by atoms with Gasteiger partial charge in [-0.25, -0.2) is 0 Å². The Hall–Kier alpha value is -1.65. The summed E-state index contributed by atoms with van der Waals surface area (Å²) in [6, 6.07) is 9.70. The molecule has 2 atom stereocenters. The van der Waals surface area contributed by atoms with Crippen LogP contribution >= 0.6 is 11.6 Å². The highest BCUT2D eigenvalue weighted by atomic mass is 35.5. The summed E-state index contributed by atoms with van der Waals surface area (Å²) in [7, 11) is 3.20. The Bertz CT molecular complexity index is 644. The number of methoxy groups -OCH3 is 2. The van der Waals surface area contributed by atoms with Crippen LogP contribution in [-0.4, -0.2) is 32.5 Å². The van der Waals surface area contributed by atoms with E-state index in [1.165, 1.54) is 0 Å². The van der Waals surface area contributed by atoms with Crippen LogP contribution in [0.3, 0.4) is 0 Å². The predicted molar refractivity (Wildman–Crippen MR) is 93.0 cm³/mol. The van der Waals surface area contributed by atoms with Crippen molar-refractivity contribution in [2.24, 2.45) is 0 Å². The standard InChI is InChI=1S/C18H23ClO4/c1-5-15(19)18(21-4)23-16-10-7-12-11-13(22-6-2)8-9-14(12)17(16)20-3/h7-11,15,18H,5-6H2,1-4H3. The number of halogens is 1. The lowest BCUT2D eigenvalue weighted by Gasteiger charge is -2.23. The van der Waals surface area contributed by atoms with Crippen LogP contribution in [0.4, 0.5) is 0 Å². The zero-order chi connectivity index (χ0) is 16.8. The molecule has 2 aromatic rings. The normalized spacial score (nSPS) is 13.6. The third kappa shape index (κ3) is 4.01.